The van der Waals surface area contributed by atoms with Crippen LogP contribution in [0.15, 0.2) is 12.1 Å². The van der Waals surface area contributed by atoms with Gasteiger partial charge in [0.05, 0.1) is 11.3 Å². The third kappa shape index (κ3) is 4.14. The van der Waals surface area contributed by atoms with Crippen LogP contribution in [0.5, 0.6) is 0 Å². The molecule has 0 radical (unpaired) electrons. The molecule has 0 aliphatic rings. The van der Waals surface area contributed by atoms with Crippen molar-refractivity contribution in [1.82, 2.24) is 4.98 Å². The van der Waals surface area contributed by atoms with Crippen LogP contribution < -0.4 is 5.32 Å². The van der Waals surface area contributed by atoms with Gasteiger partial charge in [0.25, 0.3) is 0 Å². The molecule has 0 fully saturated rings. The summed E-state index contributed by atoms with van der Waals surface area (Å²) < 4.78 is 11.2. The van der Waals surface area contributed by atoms with E-state index in [9.17, 15) is 9.00 Å². The van der Waals surface area contributed by atoms with Gasteiger partial charge in [-0.2, -0.15) is 0 Å². The SMILES string of the molecule is CCS(=O)CCNc1ccc(C(=O)O)c(C)n1. The number of pyridine rings is 1. The predicted molar refractivity (Wildman–Crippen MR) is 68.0 cm³/mol. The van der Waals surface area contributed by atoms with E-state index in [2.05, 4.69) is 10.3 Å². The Balaban J connectivity index is 2.59. The van der Waals surface area contributed by atoms with E-state index in [-0.39, 0.29) is 5.56 Å². The minimum Gasteiger partial charge on any atom is -0.478 e. The van der Waals surface area contributed by atoms with E-state index >= 15 is 0 Å². The Morgan fingerprint density at radius 2 is 2.24 bits per heavy atom. The van der Waals surface area contributed by atoms with Gasteiger partial charge in [-0.3, -0.25) is 4.21 Å². The molecule has 1 aromatic rings. The molecule has 0 saturated heterocycles. The molecular formula is C11H16N2O3S. The standard InChI is InChI=1S/C11H16N2O3S/c1-3-17(16)7-6-12-10-5-4-9(11(14)15)8(2)13-10/h4-5H,3,6-7H2,1-2H3,(H,12,13)(H,14,15). The zero-order valence-corrected chi connectivity index (χ0v) is 10.7. The molecule has 1 unspecified atom stereocenters. The molecule has 0 aliphatic heterocycles. The van der Waals surface area contributed by atoms with Gasteiger partial charge < -0.3 is 10.4 Å². The maximum atomic E-state index is 11.2. The highest BCUT2D eigenvalue weighted by Gasteiger charge is 2.08. The predicted octanol–water partition coefficient (Wildman–Crippen LogP) is 1.27. The largest absolute Gasteiger partial charge is 0.478 e. The van der Waals surface area contributed by atoms with Gasteiger partial charge in [0.15, 0.2) is 0 Å². The van der Waals surface area contributed by atoms with Crippen LogP contribution in [0.3, 0.4) is 0 Å². The molecule has 17 heavy (non-hydrogen) atoms. The van der Waals surface area contributed by atoms with E-state index in [0.29, 0.717) is 29.6 Å². The Morgan fingerprint density at radius 1 is 1.53 bits per heavy atom. The fourth-order valence-corrected chi connectivity index (χ4v) is 1.94. The number of aryl methyl sites for hydroxylation is 1. The zero-order chi connectivity index (χ0) is 12.8. The van der Waals surface area contributed by atoms with Crippen LogP contribution in [-0.2, 0) is 10.8 Å². The van der Waals surface area contributed by atoms with Crippen LogP contribution in [0.2, 0.25) is 0 Å². The second kappa shape index (κ2) is 6.34. The van der Waals surface area contributed by atoms with E-state index in [1.54, 1.807) is 13.0 Å². The molecule has 0 amide bonds. The summed E-state index contributed by atoms with van der Waals surface area (Å²) >= 11 is 0. The highest BCUT2D eigenvalue weighted by Crippen LogP contribution is 2.10. The topological polar surface area (TPSA) is 79.3 Å². The molecule has 0 saturated carbocycles. The van der Waals surface area contributed by atoms with Crippen molar-refractivity contribution in [2.75, 3.05) is 23.4 Å². The number of aromatic nitrogens is 1. The fraction of sp³-hybridized carbons (Fsp3) is 0.455. The quantitative estimate of drug-likeness (QED) is 0.801. The lowest BCUT2D eigenvalue weighted by Crippen LogP contribution is -2.13. The van der Waals surface area contributed by atoms with Gasteiger partial charge in [0, 0.05) is 28.9 Å². The number of hydrogen-bond acceptors (Lipinski definition) is 4. The first-order chi connectivity index (χ1) is 8.04. The highest BCUT2D eigenvalue weighted by molar-refractivity contribution is 7.84. The van der Waals surface area contributed by atoms with E-state index in [0.717, 1.165) is 0 Å². The molecule has 94 valence electrons. The summed E-state index contributed by atoms with van der Waals surface area (Å²) in [5.41, 5.74) is 0.673. The third-order valence-corrected chi connectivity index (χ3v) is 3.58. The van der Waals surface area contributed by atoms with Crippen molar-refractivity contribution in [1.29, 1.82) is 0 Å². The molecule has 1 aromatic heterocycles. The van der Waals surface area contributed by atoms with E-state index < -0.39 is 16.8 Å². The van der Waals surface area contributed by atoms with Gasteiger partial charge in [0.2, 0.25) is 0 Å². The molecular weight excluding hydrogens is 240 g/mol. The summed E-state index contributed by atoms with van der Waals surface area (Å²) in [6, 6.07) is 3.13. The lowest BCUT2D eigenvalue weighted by molar-refractivity contribution is 0.0695. The number of hydrogen-bond donors (Lipinski definition) is 2. The fourth-order valence-electron chi connectivity index (χ4n) is 1.32. The van der Waals surface area contributed by atoms with Gasteiger partial charge >= 0.3 is 5.97 Å². The molecule has 5 nitrogen and oxygen atoms in total. The Labute approximate surface area is 103 Å². The van der Waals surface area contributed by atoms with Crippen LogP contribution in [0.1, 0.15) is 23.0 Å². The lowest BCUT2D eigenvalue weighted by Gasteiger charge is -2.07. The monoisotopic (exact) mass is 256 g/mol. The minimum atomic E-state index is -0.978. The molecule has 1 atom stereocenters. The summed E-state index contributed by atoms with van der Waals surface area (Å²) in [4.78, 5) is 14.9. The number of rotatable bonds is 6. The highest BCUT2D eigenvalue weighted by atomic mass is 32.2. The Kier molecular flexibility index (Phi) is 5.09. The average Bonchev–Trinajstić information content (AvgIpc) is 2.28. The van der Waals surface area contributed by atoms with Crippen molar-refractivity contribution in [3.8, 4) is 0 Å². The molecule has 0 aliphatic carbocycles. The van der Waals surface area contributed by atoms with Crippen molar-refractivity contribution in [2.24, 2.45) is 0 Å². The van der Waals surface area contributed by atoms with Gasteiger partial charge in [-0.25, -0.2) is 9.78 Å². The average molecular weight is 256 g/mol. The number of carbonyl (C=O) groups is 1. The van der Waals surface area contributed by atoms with Crippen molar-refractivity contribution in [2.45, 2.75) is 13.8 Å². The maximum Gasteiger partial charge on any atom is 0.337 e. The molecule has 0 aromatic carbocycles. The number of anilines is 1. The second-order valence-electron chi connectivity index (χ2n) is 3.49. The number of carboxylic acids is 1. The lowest BCUT2D eigenvalue weighted by atomic mass is 10.2. The van der Waals surface area contributed by atoms with Gasteiger partial charge in [0.1, 0.15) is 5.82 Å². The van der Waals surface area contributed by atoms with E-state index in [4.69, 9.17) is 5.11 Å². The van der Waals surface area contributed by atoms with Gasteiger partial charge in [-0.15, -0.1) is 0 Å². The molecule has 0 spiro atoms. The van der Waals surface area contributed by atoms with Crippen LogP contribution >= 0.6 is 0 Å². The van der Waals surface area contributed by atoms with Gasteiger partial charge in [-0.05, 0) is 19.1 Å². The number of nitrogens with one attached hydrogen (secondary N) is 1. The van der Waals surface area contributed by atoms with E-state index in [1.165, 1.54) is 6.07 Å². The van der Waals surface area contributed by atoms with Crippen molar-refractivity contribution in [3.63, 3.8) is 0 Å². The van der Waals surface area contributed by atoms with E-state index in [1.807, 2.05) is 6.92 Å². The molecule has 0 bridgehead atoms. The summed E-state index contributed by atoms with van der Waals surface area (Å²) in [6.45, 7) is 4.10. The summed E-state index contributed by atoms with van der Waals surface area (Å²) in [7, 11) is -0.802. The number of carboxylic acid groups (broad SMARTS) is 1. The normalized spacial score (nSPS) is 12.1. The first-order valence-electron chi connectivity index (χ1n) is 5.34. The molecule has 1 heterocycles. The Bertz CT molecular complexity index is 435. The summed E-state index contributed by atoms with van der Waals surface area (Å²) in [5, 5.41) is 11.9. The van der Waals surface area contributed by atoms with Crippen molar-refractivity contribution >= 4 is 22.6 Å². The molecule has 2 N–H and O–H groups in total. The zero-order valence-electron chi connectivity index (χ0n) is 9.90. The Hall–Kier alpha value is -1.43. The third-order valence-electron chi connectivity index (χ3n) is 2.27. The van der Waals surface area contributed by atoms with Crippen molar-refractivity contribution < 1.29 is 14.1 Å². The van der Waals surface area contributed by atoms with Gasteiger partial charge in [-0.1, -0.05) is 6.92 Å². The minimum absolute atomic E-state index is 0.202. The van der Waals surface area contributed by atoms with Crippen LogP contribution in [-0.4, -0.2) is 38.3 Å². The van der Waals surface area contributed by atoms with Crippen molar-refractivity contribution in [3.05, 3.63) is 23.4 Å². The summed E-state index contributed by atoms with van der Waals surface area (Å²) in [5.74, 6) is 0.846. The van der Waals surface area contributed by atoms with Crippen LogP contribution in [0.4, 0.5) is 5.82 Å². The first-order valence-corrected chi connectivity index (χ1v) is 6.83. The molecule has 1 rings (SSSR count). The maximum absolute atomic E-state index is 11.2. The summed E-state index contributed by atoms with van der Waals surface area (Å²) in [6.07, 6.45) is 0. The second-order valence-corrected chi connectivity index (χ2v) is 5.36. The smallest absolute Gasteiger partial charge is 0.337 e. The molecule has 6 heteroatoms. The van der Waals surface area contributed by atoms with Crippen LogP contribution in [0, 0.1) is 6.92 Å². The van der Waals surface area contributed by atoms with Crippen LogP contribution in [0.25, 0.3) is 0 Å². The number of aromatic carboxylic acids is 1. The number of nitrogens with zero attached hydrogens (tertiary/aromatic N) is 1. The first kappa shape index (κ1) is 13.6. The Morgan fingerprint density at radius 3 is 2.76 bits per heavy atom.